The summed E-state index contributed by atoms with van der Waals surface area (Å²) >= 11 is 0. The maximum Gasteiger partial charge on any atom is 0.237 e. The SMILES string of the molecule is CC(C)(C)NC(=O)[C@@H]1C[C@H](OCc2ccncc2)CCN1C[C@@H](O)[C@@H](N)Cc1ccccc1. The number of nitrogens with zero attached hydrogens (tertiary/aromatic N) is 2. The van der Waals surface area contributed by atoms with E-state index in [1.54, 1.807) is 12.4 Å². The lowest BCUT2D eigenvalue weighted by Gasteiger charge is -2.41. The number of carbonyl (C=O) groups is 1. The molecule has 0 radical (unpaired) electrons. The molecule has 4 N–H and O–H groups in total. The van der Waals surface area contributed by atoms with Gasteiger partial charge in [0.05, 0.1) is 24.9 Å². The van der Waals surface area contributed by atoms with Gasteiger partial charge in [-0.2, -0.15) is 0 Å². The van der Waals surface area contributed by atoms with Crippen molar-refractivity contribution in [2.45, 2.75) is 76.5 Å². The molecule has 1 aliphatic heterocycles. The van der Waals surface area contributed by atoms with Crippen LogP contribution in [0.4, 0.5) is 0 Å². The number of aliphatic hydroxyl groups is 1. The zero-order chi connectivity index (χ0) is 23.8. The topological polar surface area (TPSA) is 101 Å². The van der Waals surface area contributed by atoms with Crippen molar-refractivity contribution in [2.24, 2.45) is 5.73 Å². The summed E-state index contributed by atoms with van der Waals surface area (Å²) < 4.78 is 6.14. The van der Waals surface area contributed by atoms with Crippen molar-refractivity contribution in [3.8, 4) is 0 Å². The molecule has 0 saturated carbocycles. The van der Waals surface area contributed by atoms with Crippen molar-refractivity contribution in [1.82, 2.24) is 15.2 Å². The Hall–Kier alpha value is -2.32. The van der Waals surface area contributed by atoms with E-state index >= 15 is 0 Å². The number of amides is 1. The molecule has 2 aromatic rings. The number of β-amino-alcohol motifs (C(OH)–C–C–N with tert-alkyl or cyclic N) is 1. The second-order valence-electron chi connectivity index (χ2n) is 9.98. The average Bonchev–Trinajstić information content (AvgIpc) is 2.78. The second-order valence-corrected chi connectivity index (χ2v) is 9.98. The van der Waals surface area contributed by atoms with Crippen LogP contribution >= 0.6 is 0 Å². The average molecular weight is 455 g/mol. The standard InChI is InChI=1S/C26H38N4O3/c1-26(2,3)29-25(32)23-16-21(33-18-20-9-12-28-13-10-20)11-14-30(23)17-24(31)22(27)15-19-7-5-4-6-8-19/h4-10,12-13,21-24,31H,11,14-18,27H2,1-3H3,(H,29,32)/t21-,22+,23+,24-/m1/s1. The summed E-state index contributed by atoms with van der Waals surface area (Å²) in [4.78, 5) is 19.3. The number of ether oxygens (including phenoxy) is 1. The Morgan fingerprint density at radius 2 is 1.91 bits per heavy atom. The maximum atomic E-state index is 13.2. The number of hydrogen-bond donors (Lipinski definition) is 3. The quantitative estimate of drug-likeness (QED) is 0.537. The van der Waals surface area contributed by atoms with Gasteiger partial charge >= 0.3 is 0 Å². The molecule has 0 bridgehead atoms. The highest BCUT2D eigenvalue weighted by Gasteiger charge is 2.36. The molecular formula is C26H38N4O3. The number of nitrogens with two attached hydrogens (primary N) is 1. The van der Waals surface area contributed by atoms with Crippen LogP contribution in [-0.2, 0) is 22.6 Å². The van der Waals surface area contributed by atoms with Crippen molar-refractivity contribution in [2.75, 3.05) is 13.1 Å². The molecule has 0 unspecified atom stereocenters. The highest BCUT2D eigenvalue weighted by molar-refractivity contribution is 5.82. The van der Waals surface area contributed by atoms with Gasteiger partial charge in [0.2, 0.25) is 5.91 Å². The third-order valence-electron chi connectivity index (χ3n) is 5.93. The molecule has 7 heteroatoms. The van der Waals surface area contributed by atoms with Crippen LogP contribution in [0.1, 0.15) is 44.7 Å². The van der Waals surface area contributed by atoms with Gasteiger partial charge in [0, 0.05) is 37.1 Å². The van der Waals surface area contributed by atoms with Crippen molar-refractivity contribution < 1.29 is 14.6 Å². The van der Waals surface area contributed by atoms with Crippen LogP contribution in [0.2, 0.25) is 0 Å². The number of hydrogen-bond acceptors (Lipinski definition) is 6. The zero-order valence-electron chi connectivity index (χ0n) is 20.0. The van der Waals surface area contributed by atoms with Crippen LogP contribution in [0.3, 0.4) is 0 Å². The Bertz CT molecular complexity index is 857. The van der Waals surface area contributed by atoms with Gasteiger partial charge < -0.3 is 20.9 Å². The molecule has 1 saturated heterocycles. The number of likely N-dealkylation sites (tertiary alicyclic amines) is 1. The normalized spacial score (nSPS) is 21.4. The summed E-state index contributed by atoms with van der Waals surface area (Å²) in [6.45, 7) is 7.43. The molecule has 4 atom stereocenters. The summed E-state index contributed by atoms with van der Waals surface area (Å²) in [6.07, 6.45) is 4.71. The fourth-order valence-corrected chi connectivity index (χ4v) is 4.17. The Labute approximate surface area is 197 Å². The third kappa shape index (κ3) is 8.19. The smallest absolute Gasteiger partial charge is 0.237 e. The monoisotopic (exact) mass is 454 g/mol. The van der Waals surface area contributed by atoms with Crippen LogP contribution in [-0.4, -0.2) is 63.8 Å². The van der Waals surface area contributed by atoms with Crippen molar-refractivity contribution >= 4 is 5.91 Å². The molecule has 1 amide bonds. The molecule has 1 fully saturated rings. The predicted molar refractivity (Wildman–Crippen MR) is 129 cm³/mol. The van der Waals surface area contributed by atoms with Crippen LogP contribution < -0.4 is 11.1 Å². The molecule has 1 aromatic carbocycles. The lowest BCUT2D eigenvalue weighted by molar-refractivity contribution is -0.133. The van der Waals surface area contributed by atoms with E-state index in [0.29, 0.717) is 32.5 Å². The van der Waals surface area contributed by atoms with E-state index in [1.165, 1.54) is 0 Å². The Morgan fingerprint density at radius 3 is 2.58 bits per heavy atom. The van der Waals surface area contributed by atoms with Gasteiger partial charge in [-0.3, -0.25) is 14.7 Å². The van der Waals surface area contributed by atoms with Gasteiger partial charge in [0.15, 0.2) is 0 Å². The van der Waals surface area contributed by atoms with E-state index in [0.717, 1.165) is 17.5 Å². The minimum Gasteiger partial charge on any atom is -0.390 e. The number of rotatable bonds is 9. The minimum absolute atomic E-state index is 0.0275. The highest BCUT2D eigenvalue weighted by Crippen LogP contribution is 2.23. The number of piperidine rings is 1. The van der Waals surface area contributed by atoms with E-state index in [1.807, 2.05) is 63.2 Å². The molecule has 1 aliphatic rings. The molecule has 33 heavy (non-hydrogen) atoms. The minimum atomic E-state index is -0.732. The van der Waals surface area contributed by atoms with Crippen LogP contribution in [0, 0.1) is 0 Å². The first kappa shape index (κ1) is 25.3. The summed E-state index contributed by atoms with van der Waals surface area (Å²) in [6, 6.07) is 13.0. The molecule has 2 heterocycles. The van der Waals surface area contributed by atoms with E-state index < -0.39 is 12.1 Å². The second kappa shape index (κ2) is 11.7. The first-order chi connectivity index (χ1) is 15.7. The molecule has 3 rings (SSSR count). The number of benzene rings is 1. The fourth-order valence-electron chi connectivity index (χ4n) is 4.17. The van der Waals surface area contributed by atoms with E-state index in [-0.39, 0.29) is 23.6 Å². The van der Waals surface area contributed by atoms with Crippen molar-refractivity contribution in [1.29, 1.82) is 0 Å². The predicted octanol–water partition coefficient (Wildman–Crippen LogP) is 2.28. The highest BCUT2D eigenvalue weighted by atomic mass is 16.5. The number of aliphatic hydroxyl groups excluding tert-OH is 1. The summed E-state index contributed by atoms with van der Waals surface area (Å²) in [5, 5.41) is 13.9. The largest absolute Gasteiger partial charge is 0.390 e. The van der Waals surface area contributed by atoms with Crippen LogP contribution in [0.25, 0.3) is 0 Å². The fraction of sp³-hybridized carbons (Fsp3) is 0.538. The number of pyridine rings is 1. The summed E-state index contributed by atoms with van der Waals surface area (Å²) in [5.41, 5.74) is 8.14. The molecule has 180 valence electrons. The molecule has 7 nitrogen and oxygen atoms in total. The number of nitrogens with one attached hydrogen (secondary N) is 1. The molecule has 1 aromatic heterocycles. The molecular weight excluding hydrogens is 416 g/mol. The van der Waals surface area contributed by atoms with Crippen LogP contribution in [0.5, 0.6) is 0 Å². The molecule has 0 aliphatic carbocycles. The lowest BCUT2D eigenvalue weighted by atomic mass is 9.95. The van der Waals surface area contributed by atoms with Gasteiger partial charge in [-0.25, -0.2) is 0 Å². The Morgan fingerprint density at radius 1 is 1.21 bits per heavy atom. The number of carbonyl (C=O) groups excluding carboxylic acids is 1. The molecule has 0 spiro atoms. The maximum absolute atomic E-state index is 13.2. The van der Waals surface area contributed by atoms with E-state index in [2.05, 4.69) is 15.2 Å². The van der Waals surface area contributed by atoms with Crippen molar-refractivity contribution in [3.05, 3.63) is 66.0 Å². The third-order valence-corrected chi connectivity index (χ3v) is 5.93. The van der Waals surface area contributed by atoms with Gasteiger partial charge in [-0.1, -0.05) is 30.3 Å². The van der Waals surface area contributed by atoms with Crippen LogP contribution in [0.15, 0.2) is 54.9 Å². The Balaban J connectivity index is 1.62. The number of aromatic nitrogens is 1. The van der Waals surface area contributed by atoms with Gasteiger partial charge in [-0.05, 0) is 63.3 Å². The van der Waals surface area contributed by atoms with E-state index in [4.69, 9.17) is 10.5 Å². The Kier molecular flexibility index (Phi) is 8.97. The summed E-state index contributed by atoms with van der Waals surface area (Å²) in [7, 11) is 0. The lowest BCUT2D eigenvalue weighted by Crippen LogP contribution is -2.58. The van der Waals surface area contributed by atoms with Gasteiger partial charge in [0.1, 0.15) is 0 Å². The summed E-state index contributed by atoms with van der Waals surface area (Å²) in [5.74, 6) is -0.0384. The van der Waals surface area contributed by atoms with E-state index in [9.17, 15) is 9.90 Å². The first-order valence-corrected chi connectivity index (χ1v) is 11.8. The van der Waals surface area contributed by atoms with Crippen molar-refractivity contribution in [3.63, 3.8) is 0 Å². The van der Waals surface area contributed by atoms with Gasteiger partial charge in [0.25, 0.3) is 0 Å². The first-order valence-electron chi connectivity index (χ1n) is 11.8. The van der Waals surface area contributed by atoms with Gasteiger partial charge in [-0.15, -0.1) is 0 Å². The zero-order valence-corrected chi connectivity index (χ0v) is 20.0.